The highest BCUT2D eigenvalue weighted by Crippen LogP contribution is 2.26. The van der Waals surface area contributed by atoms with Gasteiger partial charge in [-0.15, -0.1) is 0 Å². The zero-order chi connectivity index (χ0) is 10.7. The van der Waals surface area contributed by atoms with Crippen LogP contribution in [-0.4, -0.2) is 18.6 Å². The minimum atomic E-state index is -2.03. The Morgan fingerprint density at radius 2 is 2.00 bits per heavy atom. The lowest BCUT2D eigenvalue weighted by atomic mass is 10.3. The standard InChI is InChI=1S/C10H22O2Si/c1-7-9(3)12-13(5,6)10(4,11)8-2/h7,11H,8H2,1-6H3/b9-7-. The Kier molecular flexibility index (Phi) is 4.19. The molecule has 0 saturated heterocycles. The van der Waals surface area contributed by atoms with Gasteiger partial charge >= 0.3 is 0 Å². The fourth-order valence-corrected chi connectivity index (χ4v) is 2.99. The smallest absolute Gasteiger partial charge is 0.275 e. The lowest BCUT2D eigenvalue weighted by molar-refractivity contribution is 0.108. The van der Waals surface area contributed by atoms with Crippen molar-refractivity contribution in [3.05, 3.63) is 11.8 Å². The van der Waals surface area contributed by atoms with Gasteiger partial charge in [0.05, 0.1) is 11.0 Å². The molecular weight excluding hydrogens is 180 g/mol. The first-order valence-electron chi connectivity index (χ1n) is 4.81. The SMILES string of the molecule is C/C=C(/C)O[Si](C)(C)C(C)(O)CC. The fourth-order valence-electron chi connectivity index (χ4n) is 0.997. The Bertz CT molecular complexity index is 195. The van der Waals surface area contributed by atoms with E-state index in [4.69, 9.17) is 4.43 Å². The maximum absolute atomic E-state index is 10.1. The van der Waals surface area contributed by atoms with E-state index in [1.165, 1.54) is 0 Å². The first kappa shape index (κ1) is 12.7. The molecule has 1 N–H and O–H groups in total. The molecule has 2 nitrogen and oxygen atoms in total. The minimum Gasteiger partial charge on any atom is -0.545 e. The largest absolute Gasteiger partial charge is 0.545 e. The molecule has 0 aliphatic heterocycles. The maximum atomic E-state index is 10.1. The highest BCUT2D eigenvalue weighted by molar-refractivity contribution is 6.74. The molecule has 0 aromatic carbocycles. The van der Waals surface area contributed by atoms with Gasteiger partial charge in [-0.1, -0.05) is 13.0 Å². The summed E-state index contributed by atoms with van der Waals surface area (Å²) in [5.41, 5.74) is 0. The van der Waals surface area contributed by atoms with Crippen molar-refractivity contribution in [2.24, 2.45) is 0 Å². The molecule has 3 heteroatoms. The molecule has 0 heterocycles. The normalized spacial score (nSPS) is 18.2. The third-order valence-electron chi connectivity index (χ3n) is 2.81. The number of aliphatic hydroxyl groups is 1. The van der Waals surface area contributed by atoms with Gasteiger partial charge in [-0.3, -0.25) is 0 Å². The van der Waals surface area contributed by atoms with Crippen molar-refractivity contribution in [3.63, 3.8) is 0 Å². The van der Waals surface area contributed by atoms with E-state index in [-0.39, 0.29) is 0 Å². The summed E-state index contributed by atoms with van der Waals surface area (Å²) < 4.78 is 5.79. The van der Waals surface area contributed by atoms with Crippen LogP contribution in [0.1, 0.15) is 34.1 Å². The molecule has 1 atom stereocenters. The first-order valence-corrected chi connectivity index (χ1v) is 7.72. The number of hydrogen-bond donors (Lipinski definition) is 1. The molecule has 0 saturated carbocycles. The quantitative estimate of drug-likeness (QED) is 0.561. The van der Waals surface area contributed by atoms with Crippen molar-refractivity contribution in [2.45, 2.75) is 52.4 Å². The van der Waals surface area contributed by atoms with E-state index in [1.54, 1.807) is 0 Å². The molecule has 0 amide bonds. The third-order valence-corrected chi connectivity index (χ3v) is 6.59. The van der Waals surface area contributed by atoms with Crippen LogP contribution in [0.2, 0.25) is 13.1 Å². The molecule has 0 aromatic heterocycles. The Morgan fingerprint density at radius 1 is 1.54 bits per heavy atom. The highest BCUT2D eigenvalue weighted by atomic mass is 28.4. The molecule has 0 aliphatic rings. The van der Waals surface area contributed by atoms with E-state index in [0.717, 1.165) is 12.2 Å². The van der Waals surface area contributed by atoms with Crippen molar-refractivity contribution in [1.82, 2.24) is 0 Å². The molecular formula is C10H22O2Si. The molecule has 0 bridgehead atoms. The topological polar surface area (TPSA) is 29.5 Å². The molecule has 0 aliphatic carbocycles. The van der Waals surface area contributed by atoms with E-state index < -0.39 is 13.5 Å². The van der Waals surface area contributed by atoms with Gasteiger partial charge in [-0.2, -0.15) is 0 Å². The molecule has 78 valence electrons. The summed E-state index contributed by atoms with van der Waals surface area (Å²) in [5.74, 6) is 0.908. The van der Waals surface area contributed by atoms with Crippen LogP contribution >= 0.6 is 0 Å². The zero-order valence-electron chi connectivity index (χ0n) is 9.64. The van der Waals surface area contributed by atoms with E-state index in [1.807, 2.05) is 46.9 Å². The van der Waals surface area contributed by atoms with Crippen LogP contribution < -0.4 is 0 Å². The highest BCUT2D eigenvalue weighted by Gasteiger charge is 2.43. The Balaban J connectivity index is 4.57. The summed E-state index contributed by atoms with van der Waals surface area (Å²) in [7, 11) is -2.03. The van der Waals surface area contributed by atoms with Crippen LogP contribution in [-0.2, 0) is 4.43 Å². The molecule has 0 radical (unpaired) electrons. The van der Waals surface area contributed by atoms with Gasteiger partial charge in [-0.05, 0) is 40.3 Å². The van der Waals surface area contributed by atoms with Crippen LogP contribution in [0.25, 0.3) is 0 Å². The maximum Gasteiger partial charge on any atom is 0.275 e. The third kappa shape index (κ3) is 3.16. The summed E-state index contributed by atoms with van der Waals surface area (Å²) >= 11 is 0. The van der Waals surface area contributed by atoms with Crippen LogP contribution in [0.15, 0.2) is 11.8 Å². The average Bonchev–Trinajstić information content (AvgIpc) is 2.03. The number of allylic oxidation sites excluding steroid dienone is 2. The van der Waals surface area contributed by atoms with Crippen LogP contribution in [0.3, 0.4) is 0 Å². The van der Waals surface area contributed by atoms with Gasteiger partial charge in [0.2, 0.25) is 0 Å². The zero-order valence-corrected chi connectivity index (χ0v) is 10.6. The molecule has 0 spiro atoms. The Labute approximate surface area is 82.7 Å². The number of hydrogen-bond acceptors (Lipinski definition) is 2. The van der Waals surface area contributed by atoms with Gasteiger partial charge in [-0.25, -0.2) is 0 Å². The van der Waals surface area contributed by atoms with Crippen LogP contribution in [0.4, 0.5) is 0 Å². The van der Waals surface area contributed by atoms with Crippen molar-refractivity contribution < 1.29 is 9.53 Å². The summed E-state index contributed by atoms with van der Waals surface area (Å²) in [6, 6.07) is 0. The molecule has 1 unspecified atom stereocenters. The lowest BCUT2D eigenvalue weighted by Crippen LogP contribution is -2.53. The van der Waals surface area contributed by atoms with Gasteiger partial charge < -0.3 is 9.53 Å². The second-order valence-electron chi connectivity index (χ2n) is 4.14. The van der Waals surface area contributed by atoms with Gasteiger partial charge in [0.25, 0.3) is 8.32 Å². The molecule has 0 fully saturated rings. The van der Waals surface area contributed by atoms with Crippen molar-refractivity contribution in [2.75, 3.05) is 0 Å². The molecule has 0 aromatic rings. The van der Waals surface area contributed by atoms with Crippen LogP contribution in [0.5, 0.6) is 0 Å². The van der Waals surface area contributed by atoms with Crippen molar-refractivity contribution in [1.29, 1.82) is 0 Å². The second-order valence-corrected chi connectivity index (χ2v) is 8.44. The van der Waals surface area contributed by atoms with Gasteiger partial charge in [0.1, 0.15) is 0 Å². The lowest BCUT2D eigenvalue weighted by Gasteiger charge is -2.37. The predicted molar refractivity (Wildman–Crippen MR) is 58.9 cm³/mol. The number of rotatable bonds is 4. The Hall–Kier alpha value is -0.283. The summed E-state index contributed by atoms with van der Waals surface area (Å²) in [6.45, 7) is 11.8. The van der Waals surface area contributed by atoms with Gasteiger partial charge in [0, 0.05) is 0 Å². The predicted octanol–water partition coefficient (Wildman–Crippen LogP) is 2.83. The van der Waals surface area contributed by atoms with Crippen LogP contribution in [0, 0.1) is 0 Å². The van der Waals surface area contributed by atoms with E-state index in [0.29, 0.717) is 0 Å². The van der Waals surface area contributed by atoms with Gasteiger partial charge in [0.15, 0.2) is 0 Å². The summed E-state index contributed by atoms with van der Waals surface area (Å²) in [6.07, 6.45) is 2.67. The molecule has 0 rings (SSSR count). The fraction of sp³-hybridized carbons (Fsp3) is 0.800. The molecule has 13 heavy (non-hydrogen) atoms. The minimum absolute atomic E-state index is 0.655. The van der Waals surface area contributed by atoms with E-state index >= 15 is 0 Å². The van der Waals surface area contributed by atoms with E-state index in [2.05, 4.69) is 0 Å². The first-order chi connectivity index (χ1) is 5.77. The van der Waals surface area contributed by atoms with E-state index in [9.17, 15) is 5.11 Å². The summed E-state index contributed by atoms with van der Waals surface area (Å²) in [4.78, 5) is 0. The monoisotopic (exact) mass is 202 g/mol. The Morgan fingerprint density at radius 3 is 2.31 bits per heavy atom. The van der Waals surface area contributed by atoms with Crippen molar-refractivity contribution >= 4 is 8.32 Å². The second kappa shape index (κ2) is 4.29. The average molecular weight is 202 g/mol. The summed E-state index contributed by atoms with van der Waals surface area (Å²) in [5, 5.41) is 9.45. The van der Waals surface area contributed by atoms with Crippen molar-refractivity contribution in [3.8, 4) is 0 Å².